The lowest BCUT2D eigenvalue weighted by Crippen LogP contribution is -2.52. The lowest BCUT2D eigenvalue weighted by atomic mass is 9.86. The summed E-state index contributed by atoms with van der Waals surface area (Å²) in [4.78, 5) is 15.0. The number of halogens is 1. The number of ether oxygens (including phenoxy) is 2. The van der Waals surface area contributed by atoms with E-state index in [1.807, 2.05) is 18.2 Å². The molecule has 0 aliphatic carbocycles. The van der Waals surface area contributed by atoms with Crippen LogP contribution >= 0.6 is 0 Å². The second-order valence-corrected chi connectivity index (χ2v) is 8.18. The molecule has 0 aromatic heterocycles. The van der Waals surface area contributed by atoms with E-state index in [1.54, 1.807) is 12.1 Å². The smallest absolute Gasteiger partial charge is 0.407 e. The van der Waals surface area contributed by atoms with Crippen LogP contribution in [0.1, 0.15) is 30.9 Å². The molecule has 4 aliphatic heterocycles. The fraction of sp³-hybridized carbons (Fsp3) is 0.435. The standard InChI is InChI=1S/C23H25FN2O3/c24-18-4-1-15(2-5-18)17-3-6-21-19(13-17)20(9-12-28-21)25-23(27)29-22-14-26-10-7-16(22)8-11-26/h1-6,13,16,20,22H,7-12,14H2,(H,25,27)/t20?,22-/m1/s1. The van der Waals surface area contributed by atoms with Crippen molar-refractivity contribution in [3.05, 3.63) is 53.8 Å². The molecule has 0 spiro atoms. The summed E-state index contributed by atoms with van der Waals surface area (Å²) in [5.74, 6) is 0.998. The molecule has 4 heterocycles. The number of alkyl carbamates (subject to hydrolysis) is 1. The van der Waals surface area contributed by atoms with Gasteiger partial charge in [-0.3, -0.25) is 4.90 Å². The Kier molecular flexibility index (Phi) is 4.87. The molecular formula is C23H25FN2O3. The van der Waals surface area contributed by atoms with Gasteiger partial charge in [0.1, 0.15) is 17.7 Å². The molecule has 29 heavy (non-hydrogen) atoms. The second kappa shape index (κ2) is 7.67. The van der Waals surface area contributed by atoms with Gasteiger partial charge in [-0.25, -0.2) is 9.18 Å². The minimum absolute atomic E-state index is 0.0117. The monoisotopic (exact) mass is 396 g/mol. The lowest BCUT2D eigenvalue weighted by Gasteiger charge is -2.44. The van der Waals surface area contributed by atoms with Crippen LogP contribution in [-0.2, 0) is 4.74 Å². The summed E-state index contributed by atoms with van der Waals surface area (Å²) in [6, 6.07) is 12.1. The Morgan fingerprint density at radius 2 is 1.83 bits per heavy atom. The van der Waals surface area contributed by atoms with Gasteiger partial charge in [-0.15, -0.1) is 0 Å². The molecule has 152 valence electrons. The maximum Gasteiger partial charge on any atom is 0.407 e. The number of hydrogen-bond acceptors (Lipinski definition) is 4. The molecule has 2 aromatic carbocycles. The third kappa shape index (κ3) is 3.81. The van der Waals surface area contributed by atoms with Crippen molar-refractivity contribution in [1.82, 2.24) is 10.2 Å². The number of nitrogens with zero attached hydrogens (tertiary/aromatic N) is 1. The predicted octanol–water partition coefficient (Wildman–Crippen LogP) is 4.14. The highest BCUT2D eigenvalue weighted by molar-refractivity contribution is 5.70. The second-order valence-electron chi connectivity index (χ2n) is 8.18. The normalized spacial score (nSPS) is 27.6. The predicted molar refractivity (Wildman–Crippen MR) is 107 cm³/mol. The number of amides is 1. The highest BCUT2D eigenvalue weighted by Gasteiger charge is 2.37. The van der Waals surface area contributed by atoms with Crippen LogP contribution in [0.15, 0.2) is 42.5 Å². The molecule has 1 amide bonds. The van der Waals surface area contributed by atoms with Gasteiger partial charge in [0.2, 0.25) is 0 Å². The maximum absolute atomic E-state index is 13.2. The zero-order valence-corrected chi connectivity index (χ0v) is 16.3. The van der Waals surface area contributed by atoms with Crippen molar-refractivity contribution in [2.24, 2.45) is 5.92 Å². The molecule has 5 nitrogen and oxygen atoms in total. The number of nitrogens with one attached hydrogen (secondary N) is 1. The Morgan fingerprint density at radius 1 is 1.07 bits per heavy atom. The molecule has 2 atom stereocenters. The van der Waals surface area contributed by atoms with Crippen molar-refractivity contribution in [2.45, 2.75) is 31.4 Å². The first-order valence-corrected chi connectivity index (χ1v) is 10.4. The lowest BCUT2D eigenvalue weighted by molar-refractivity contribution is -0.0342. The van der Waals surface area contributed by atoms with Gasteiger partial charge in [0, 0.05) is 18.5 Å². The minimum atomic E-state index is -0.353. The third-order valence-corrected chi connectivity index (χ3v) is 6.37. The van der Waals surface area contributed by atoms with Crippen LogP contribution in [0.5, 0.6) is 5.75 Å². The maximum atomic E-state index is 13.2. The Morgan fingerprint density at radius 3 is 2.55 bits per heavy atom. The highest BCUT2D eigenvalue weighted by atomic mass is 19.1. The topological polar surface area (TPSA) is 50.8 Å². The van der Waals surface area contributed by atoms with Crippen molar-refractivity contribution in [1.29, 1.82) is 0 Å². The SMILES string of the molecule is O=C(NC1CCOc2ccc(-c3ccc(F)cc3)cc21)O[C@@H]1CN2CCC1CC2. The van der Waals surface area contributed by atoms with E-state index in [4.69, 9.17) is 9.47 Å². The fourth-order valence-corrected chi connectivity index (χ4v) is 4.72. The number of carbonyl (C=O) groups excluding carboxylic acids is 1. The van der Waals surface area contributed by atoms with Crippen LogP contribution in [0.25, 0.3) is 11.1 Å². The molecule has 2 bridgehead atoms. The van der Waals surface area contributed by atoms with Crippen molar-refractivity contribution < 1.29 is 18.7 Å². The van der Waals surface area contributed by atoms with Crippen LogP contribution < -0.4 is 10.1 Å². The first-order chi connectivity index (χ1) is 14.2. The fourth-order valence-electron chi connectivity index (χ4n) is 4.72. The van der Waals surface area contributed by atoms with Crippen molar-refractivity contribution in [3.63, 3.8) is 0 Å². The van der Waals surface area contributed by atoms with Crippen LogP contribution in [0.2, 0.25) is 0 Å². The van der Waals surface area contributed by atoms with Gasteiger partial charge >= 0.3 is 6.09 Å². The van der Waals surface area contributed by atoms with Gasteiger partial charge in [-0.05, 0) is 67.2 Å². The number of hydrogen-bond donors (Lipinski definition) is 1. The number of fused-ring (bicyclic) bond motifs is 4. The van der Waals surface area contributed by atoms with Crippen molar-refractivity contribution >= 4 is 6.09 Å². The molecule has 0 radical (unpaired) electrons. The van der Waals surface area contributed by atoms with Crippen LogP contribution in [0, 0.1) is 11.7 Å². The summed E-state index contributed by atoms with van der Waals surface area (Å²) in [5, 5.41) is 3.05. The number of carbonyl (C=O) groups is 1. The molecule has 1 unspecified atom stereocenters. The Bertz CT molecular complexity index is 893. The minimum Gasteiger partial charge on any atom is -0.493 e. The summed E-state index contributed by atoms with van der Waals surface area (Å²) in [7, 11) is 0. The molecule has 6 heteroatoms. The largest absolute Gasteiger partial charge is 0.493 e. The van der Waals surface area contributed by atoms with Gasteiger partial charge in [0.15, 0.2) is 0 Å². The average Bonchev–Trinajstić information content (AvgIpc) is 2.75. The first kappa shape index (κ1) is 18.4. The van der Waals surface area contributed by atoms with Gasteiger partial charge in [0.25, 0.3) is 0 Å². The summed E-state index contributed by atoms with van der Waals surface area (Å²) in [5.41, 5.74) is 2.82. The zero-order valence-electron chi connectivity index (χ0n) is 16.3. The molecule has 4 aliphatic rings. The summed E-state index contributed by atoms with van der Waals surface area (Å²) in [6.07, 6.45) is 2.55. The van der Waals surface area contributed by atoms with Crippen LogP contribution in [-0.4, -0.2) is 43.3 Å². The third-order valence-electron chi connectivity index (χ3n) is 6.37. The molecule has 3 saturated heterocycles. The quantitative estimate of drug-likeness (QED) is 0.847. The number of piperidine rings is 3. The highest BCUT2D eigenvalue weighted by Crippen LogP contribution is 2.36. The molecular weight excluding hydrogens is 371 g/mol. The summed E-state index contributed by atoms with van der Waals surface area (Å²) < 4.78 is 24.8. The van der Waals surface area contributed by atoms with Gasteiger partial charge < -0.3 is 14.8 Å². The summed E-state index contributed by atoms with van der Waals surface area (Å²) in [6.45, 7) is 3.63. The van der Waals surface area contributed by atoms with E-state index in [-0.39, 0.29) is 24.1 Å². The van der Waals surface area contributed by atoms with E-state index >= 15 is 0 Å². The van der Waals surface area contributed by atoms with Crippen LogP contribution in [0.4, 0.5) is 9.18 Å². The van der Waals surface area contributed by atoms with E-state index < -0.39 is 0 Å². The van der Waals surface area contributed by atoms with E-state index in [0.717, 1.165) is 54.9 Å². The number of rotatable bonds is 3. The Balaban J connectivity index is 1.31. The van der Waals surface area contributed by atoms with Gasteiger partial charge in [0.05, 0.1) is 12.6 Å². The van der Waals surface area contributed by atoms with E-state index in [9.17, 15) is 9.18 Å². The molecule has 2 aromatic rings. The Hall–Kier alpha value is -2.60. The van der Waals surface area contributed by atoms with Crippen molar-refractivity contribution in [3.8, 4) is 16.9 Å². The summed E-state index contributed by atoms with van der Waals surface area (Å²) >= 11 is 0. The molecule has 6 rings (SSSR count). The number of benzene rings is 2. The molecule has 3 fully saturated rings. The molecule has 0 saturated carbocycles. The van der Waals surface area contributed by atoms with E-state index in [0.29, 0.717) is 18.9 Å². The van der Waals surface area contributed by atoms with Gasteiger partial charge in [-0.1, -0.05) is 18.2 Å². The Labute approximate surface area is 169 Å². The van der Waals surface area contributed by atoms with Crippen molar-refractivity contribution in [2.75, 3.05) is 26.2 Å². The zero-order chi connectivity index (χ0) is 19.8. The van der Waals surface area contributed by atoms with Crippen LogP contribution in [0.3, 0.4) is 0 Å². The van der Waals surface area contributed by atoms with E-state index in [1.165, 1.54) is 12.1 Å². The first-order valence-electron chi connectivity index (χ1n) is 10.4. The molecule has 1 N–H and O–H groups in total. The average molecular weight is 396 g/mol. The van der Waals surface area contributed by atoms with E-state index in [2.05, 4.69) is 10.2 Å². The van der Waals surface area contributed by atoms with Gasteiger partial charge in [-0.2, -0.15) is 0 Å².